The Balaban J connectivity index is 1.55. The average Bonchev–Trinajstić information content (AvgIpc) is 3.31. The number of rotatable bonds is 1. The Morgan fingerprint density at radius 3 is 2.34 bits per heavy atom. The number of furan rings is 1. The third-order valence-electron chi connectivity index (χ3n) is 9.07. The molecule has 2 aromatic heterocycles. The minimum absolute atomic E-state index is 0.0489. The minimum Gasteiger partial charge on any atom is -0.456 e. The summed E-state index contributed by atoms with van der Waals surface area (Å²) in [6, 6.07) is 11.5. The molecule has 1 atom stereocenters. The maximum atomic E-state index is 6.81. The van der Waals surface area contributed by atoms with Crippen LogP contribution in [0, 0.1) is 30.6 Å². The molecule has 4 aliphatic carbocycles. The van der Waals surface area contributed by atoms with Crippen LogP contribution in [-0.2, 0) is 12.6 Å². The standard InChI is InChI=1S/C26H30N2O/c1-15-6-4-5-7-21(15)28-16(2)23-24-22(8-9-27(24)3)29-25(23)26(28)19-11-17-10-18(13-19)14-20(26)12-17/h4-9,16-20H,10-14H2,1-3H3. The van der Waals surface area contributed by atoms with E-state index in [2.05, 4.69) is 66.9 Å². The first-order valence-corrected chi connectivity index (χ1v) is 11.5. The lowest BCUT2D eigenvalue weighted by Crippen LogP contribution is -2.62. The van der Waals surface area contributed by atoms with E-state index in [4.69, 9.17) is 4.42 Å². The van der Waals surface area contributed by atoms with E-state index in [1.165, 1.54) is 60.2 Å². The molecule has 8 rings (SSSR count). The monoisotopic (exact) mass is 386 g/mol. The number of benzene rings is 1. The lowest BCUT2D eigenvalue weighted by atomic mass is 9.48. The average molecular weight is 387 g/mol. The maximum absolute atomic E-state index is 6.81. The third kappa shape index (κ3) is 1.82. The molecule has 4 bridgehead atoms. The molecule has 150 valence electrons. The van der Waals surface area contributed by atoms with Gasteiger partial charge in [-0.25, -0.2) is 0 Å². The van der Waals surface area contributed by atoms with Crippen molar-refractivity contribution in [1.82, 2.24) is 4.57 Å². The molecule has 1 spiro atoms. The van der Waals surface area contributed by atoms with Crippen molar-refractivity contribution in [3.05, 3.63) is 53.4 Å². The summed E-state index contributed by atoms with van der Waals surface area (Å²) in [5.41, 5.74) is 6.72. The number of fused-ring (bicyclic) bond motifs is 3. The number of hydrogen-bond donors (Lipinski definition) is 0. The van der Waals surface area contributed by atoms with Crippen molar-refractivity contribution in [2.75, 3.05) is 4.90 Å². The van der Waals surface area contributed by atoms with Gasteiger partial charge in [0.15, 0.2) is 5.58 Å². The number of nitrogens with zero attached hydrogens (tertiary/aromatic N) is 2. The first-order valence-electron chi connectivity index (χ1n) is 11.5. The van der Waals surface area contributed by atoms with Gasteiger partial charge in [0.2, 0.25) is 0 Å². The highest BCUT2D eigenvalue weighted by Crippen LogP contribution is 2.69. The lowest BCUT2D eigenvalue weighted by Gasteiger charge is -2.63. The molecular formula is C26H30N2O. The Hall–Kier alpha value is -2.16. The van der Waals surface area contributed by atoms with Gasteiger partial charge in [0.1, 0.15) is 11.3 Å². The summed E-state index contributed by atoms with van der Waals surface area (Å²) in [5, 5.41) is 0. The molecule has 0 amide bonds. The summed E-state index contributed by atoms with van der Waals surface area (Å²) in [6.45, 7) is 4.71. The molecule has 1 aliphatic heterocycles. The second-order valence-electron chi connectivity index (χ2n) is 10.4. The van der Waals surface area contributed by atoms with Crippen LogP contribution in [-0.4, -0.2) is 4.57 Å². The molecule has 0 N–H and O–H groups in total. The van der Waals surface area contributed by atoms with Gasteiger partial charge in [-0.1, -0.05) is 18.2 Å². The molecule has 5 aliphatic rings. The predicted molar refractivity (Wildman–Crippen MR) is 116 cm³/mol. The smallest absolute Gasteiger partial charge is 0.152 e. The van der Waals surface area contributed by atoms with Crippen LogP contribution < -0.4 is 4.90 Å². The van der Waals surface area contributed by atoms with Crippen LogP contribution >= 0.6 is 0 Å². The lowest BCUT2D eigenvalue weighted by molar-refractivity contribution is -0.0679. The van der Waals surface area contributed by atoms with Crippen molar-refractivity contribution in [2.45, 2.75) is 57.5 Å². The number of aromatic nitrogens is 1. The third-order valence-corrected chi connectivity index (χ3v) is 9.07. The Bertz CT molecular complexity index is 1110. The van der Waals surface area contributed by atoms with Crippen LogP contribution in [0.5, 0.6) is 0 Å². The van der Waals surface area contributed by atoms with E-state index in [0.717, 1.165) is 29.3 Å². The van der Waals surface area contributed by atoms with Crippen LogP contribution in [0.2, 0.25) is 0 Å². The number of anilines is 1. The van der Waals surface area contributed by atoms with Gasteiger partial charge >= 0.3 is 0 Å². The van der Waals surface area contributed by atoms with E-state index in [0.29, 0.717) is 6.04 Å². The topological polar surface area (TPSA) is 21.3 Å². The van der Waals surface area contributed by atoms with E-state index >= 15 is 0 Å². The van der Waals surface area contributed by atoms with E-state index < -0.39 is 0 Å². The fourth-order valence-corrected chi connectivity index (χ4v) is 8.34. The van der Waals surface area contributed by atoms with Crippen molar-refractivity contribution < 1.29 is 4.42 Å². The Morgan fingerprint density at radius 1 is 0.966 bits per heavy atom. The van der Waals surface area contributed by atoms with Crippen molar-refractivity contribution in [2.24, 2.45) is 30.7 Å². The molecule has 4 fully saturated rings. The zero-order valence-corrected chi connectivity index (χ0v) is 17.7. The first kappa shape index (κ1) is 16.6. The summed E-state index contributed by atoms with van der Waals surface area (Å²) >= 11 is 0. The highest BCUT2D eigenvalue weighted by atomic mass is 16.3. The molecule has 3 heterocycles. The second-order valence-corrected chi connectivity index (χ2v) is 10.4. The fraction of sp³-hybridized carbons (Fsp3) is 0.538. The molecule has 29 heavy (non-hydrogen) atoms. The zero-order valence-electron chi connectivity index (χ0n) is 17.7. The highest BCUT2D eigenvalue weighted by molar-refractivity contribution is 5.84. The molecule has 3 heteroatoms. The molecule has 1 aromatic carbocycles. The normalized spacial score (nSPS) is 37.2. The zero-order chi connectivity index (χ0) is 19.5. The number of aryl methyl sites for hydroxylation is 2. The summed E-state index contributed by atoms with van der Waals surface area (Å²) in [6.07, 6.45) is 9.19. The molecular weight excluding hydrogens is 356 g/mol. The van der Waals surface area contributed by atoms with Crippen LogP contribution in [0.25, 0.3) is 11.1 Å². The quantitative estimate of drug-likeness (QED) is 0.488. The first-order chi connectivity index (χ1) is 14.1. The Kier molecular flexibility index (Phi) is 3.04. The molecule has 3 nitrogen and oxygen atoms in total. The Morgan fingerprint density at radius 2 is 1.66 bits per heavy atom. The van der Waals surface area contributed by atoms with Gasteiger partial charge in [0, 0.05) is 24.5 Å². The predicted octanol–water partition coefficient (Wildman–Crippen LogP) is 6.31. The van der Waals surface area contributed by atoms with Crippen molar-refractivity contribution >= 4 is 16.8 Å². The van der Waals surface area contributed by atoms with E-state index in [1.807, 2.05) is 0 Å². The SMILES string of the molecule is Cc1ccccc1N1C(C)c2c(oc3ccn(C)c23)C12C1CC3CC(C1)CC2C3. The summed E-state index contributed by atoms with van der Waals surface area (Å²) in [5.74, 6) is 4.67. The molecule has 0 radical (unpaired) electrons. The molecule has 1 unspecified atom stereocenters. The molecule has 4 saturated carbocycles. The van der Waals surface area contributed by atoms with Crippen molar-refractivity contribution in [1.29, 1.82) is 0 Å². The summed E-state index contributed by atoms with van der Waals surface area (Å²) < 4.78 is 9.09. The van der Waals surface area contributed by atoms with Gasteiger partial charge in [0.05, 0.1) is 11.6 Å². The van der Waals surface area contributed by atoms with Crippen molar-refractivity contribution in [3.8, 4) is 0 Å². The minimum atomic E-state index is 0.0489. The number of hydrogen-bond acceptors (Lipinski definition) is 2. The maximum Gasteiger partial charge on any atom is 0.152 e. The molecule has 3 aromatic rings. The Labute approximate surface area is 172 Å². The van der Waals surface area contributed by atoms with E-state index in [1.54, 1.807) is 0 Å². The summed E-state index contributed by atoms with van der Waals surface area (Å²) in [4.78, 5) is 2.83. The number of para-hydroxylation sites is 1. The van der Waals surface area contributed by atoms with Crippen LogP contribution in [0.3, 0.4) is 0 Å². The van der Waals surface area contributed by atoms with E-state index in [-0.39, 0.29) is 5.54 Å². The van der Waals surface area contributed by atoms with Crippen LogP contribution in [0.4, 0.5) is 5.69 Å². The molecule has 0 saturated heterocycles. The van der Waals surface area contributed by atoms with Gasteiger partial charge in [-0.3, -0.25) is 0 Å². The summed E-state index contributed by atoms with van der Waals surface area (Å²) in [7, 11) is 2.17. The van der Waals surface area contributed by atoms with Crippen LogP contribution in [0.15, 0.2) is 40.9 Å². The fourth-order valence-electron chi connectivity index (χ4n) is 8.34. The highest BCUT2D eigenvalue weighted by Gasteiger charge is 2.67. The van der Waals surface area contributed by atoms with Gasteiger partial charge in [-0.15, -0.1) is 0 Å². The second kappa shape index (κ2) is 5.30. The van der Waals surface area contributed by atoms with Crippen molar-refractivity contribution in [3.63, 3.8) is 0 Å². The van der Waals surface area contributed by atoms with Gasteiger partial charge in [0.25, 0.3) is 0 Å². The van der Waals surface area contributed by atoms with Gasteiger partial charge in [-0.05, 0) is 87.3 Å². The van der Waals surface area contributed by atoms with Crippen LogP contribution in [0.1, 0.15) is 62.0 Å². The van der Waals surface area contributed by atoms with Gasteiger partial charge < -0.3 is 13.9 Å². The van der Waals surface area contributed by atoms with E-state index in [9.17, 15) is 0 Å². The van der Waals surface area contributed by atoms with Gasteiger partial charge in [-0.2, -0.15) is 0 Å². The largest absolute Gasteiger partial charge is 0.456 e.